The fourth-order valence-electron chi connectivity index (χ4n) is 0.858. The first-order valence-electron chi connectivity index (χ1n) is 3.17. The number of rotatable bonds is 1. The Morgan fingerprint density at radius 3 is 2.17 bits per heavy atom. The van der Waals surface area contributed by atoms with Crippen LogP contribution in [0, 0.1) is 0 Å². The quantitative estimate of drug-likeness (QED) is 0.584. The van der Waals surface area contributed by atoms with Crippen molar-refractivity contribution in [3.05, 3.63) is 29.8 Å². The van der Waals surface area contributed by atoms with Gasteiger partial charge >= 0.3 is 66.5 Å². The zero-order valence-electron chi connectivity index (χ0n) is 5.93. The molecule has 0 aliphatic heterocycles. The minimum atomic E-state index is -4.45. The van der Waals surface area contributed by atoms with Crippen LogP contribution in [0.1, 0.15) is 5.56 Å². The van der Waals surface area contributed by atoms with Gasteiger partial charge in [0.05, 0.1) is 0 Å². The van der Waals surface area contributed by atoms with Gasteiger partial charge in [0.2, 0.25) is 0 Å². The molecule has 5 heteroatoms. The first-order chi connectivity index (χ1) is 5.55. The van der Waals surface area contributed by atoms with Crippen LogP contribution in [-0.2, 0) is 10.9 Å². The van der Waals surface area contributed by atoms with Gasteiger partial charge in [-0.3, -0.25) is 0 Å². The van der Waals surface area contributed by atoms with Gasteiger partial charge in [0, 0.05) is 0 Å². The predicted molar refractivity (Wildman–Crippen MR) is 37.5 cm³/mol. The van der Waals surface area contributed by atoms with Crippen molar-refractivity contribution < 1.29 is 17.9 Å². The molecule has 1 rings (SSSR count). The molecule has 0 atom stereocenters. The summed E-state index contributed by atoms with van der Waals surface area (Å²) in [4.78, 5) is 0. The Bertz CT molecular complexity index is 295. The van der Waals surface area contributed by atoms with E-state index in [1.54, 1.807) is 0 Å². The van der Waals surface area contributed by atoms with Crippen molar-refractivity contribution >= 4 is 12.6 Å². The van der Waals surface area contributed by atoms with E-state index in [2.05, 4.69) is 0 Å². The van der Waals surface area contributed by atoms with Crippen LogP contribution < -0.4 is 5.46 Å². The Labute approximate surface area is 67.5 Å². The fraction of sp³-hybridized carbons (Fsp3) is 0.143. The Balaban J connectivity index is 3.23. The standard InChI is InChI=1S/C7H4BF3O/c9-7(10,11)5-3-1-2-4-6(5)8-12/h1-4H. The predicted octanol–water partition coefficient (Wildman–Crippen LogP) is 1.38. The summed E-state index contributed by atoms with van der Waals surface area (Å²) in [5.74, 6) is 0. The average molecular weight is 172 g/mol. The van der Waals surface area contributed by atoms with E-state index >= 15 is 0 Å². The molecule has 62 valence electrons. The van der Waals surface area contributed by atoms with Gasteiger partial charge in [0.1, 0.15) is 0 Å². The van der Waals surface area contributed by atoms with Gasteiger partial charge in [-0.15, -0.1) is 0 Å². The second kappa shape index (κ2) is 3.09. The third-order valence-electron chi connectivity index (χ3n) is 1.39. The van der Waals surface area contributed by atoms with Crippen LogP contribution in [0.2, 0.25) is 0 Å². The average Bonchev–Trinajstić information content (AvgIpc) is 2.03. The molecule has 1 aromatic rings. The number of alkyl halides is 3. The van der Waals surface area contributed by atoms with Crippen LogP contribution in [0.15, 0.2) is 24.3 Å². The first kappa shape index (κ1) is 8.97. The van der Waals surface area contributed by atoms with E-state index in [1.165, 1.54) is 12.1 Å². The van der Waals surface area contributed by atoms with E-state index in [-0.39, 0.29) is 12.6 Å². The molecule has 0 fully saturated rings. The molecule has 0 saturated heterocycles. The van der Waals surface area contributed by atoms with E-state index in [4.69, 9.17) is 0 Å². The Morgan fingerprint density at radius 2 is 1.75 bits per heavy atom. The third kappa shape index (κ3) is 1.72. The SMILES string of the molecule is O=Bc1ccccc1C(F)(F)F. The van der Waals surface area contributed by atoms with Crippen LogP contribution in [0.5, 0.6) is 0 Å². The Kier molecular flexibility index (Phi) is 2.31. The number of benzene rings is 1. The van der Waals surface area contributed by atoms with Crippen LogP contribution in [-0.4, -0.2) is 7.15 Å². The summed E-state index contributed by atoms with van der Waals surface area (Å²) in [6.45, 7) is 0. The van der Waals surface area contributed by atoms with Crippen molar-refractivity contribution in [1.29, 1.82) is 0 Å². The fourth-order valence-corrected chi connectivity index (χ4v) is 0.858. The van der Waals surface area contributed by atoms with Gasteiger partial charge in [-0.05, 0) is 0 Å². The summed E-state index contributed by atoms with van der Waals surface area (Å²) in [6.07, 6.45) is -4.45. The van der Waals surface area contributed by atoms with E-state index in [0.29, 0.717) is 0 Å². The van der Waals surface area contributed by atoms with Gasteiger partial charge in [-0.1, -0.05) is 0 Å². The normalized spacial score (nSPS) is 10.9. The molecule has 0 aromatic heterocycles. The topological polar surface area (TPSA) is 17.1 Å². The van der Waals surface area contributed by atoms with Crippen molar-refractivity contribution in [3.63, 3.8) is 0 Å². The zero-order valence-corrected chi connectivity index (χ0v) is 5.93. The number of hydrogen-bond acceptors (Lipinski definition) is 1. The van der Waals surface area contributed by atoms with E-state index in [9.17, 15) is 17.9 Å². The molecule has 0 unspecified atom stereocenters. The molecule has 0 heterocycles. The third-order valence-corrected chi connectivity index (χ3v) is 1.39. The Morgan fingerprint density at radius 1 is 1.17 bits per heavy atom. The summed E-state index contributed by atoms with van der Waals surface area (Å²) < 4.78 is 46.4. The molecule has 12 heavy (non-hydrogen) atoms. The van der Waals surface area contributed by atoms with Gasteiger partial charge in [0.25, 0.3) is 0 Å². The molecular formula is C7H4BF3O. The summed E-state index contributed by atoms with van der Waals surface area (Å²) in [6, 6.07) is 4.65. The summed E-state index contributed by atoms with van der Waals surface area (Å²) in [7, 11) is 0.197. The number of hydrogen-bond donors (Lipinski definition) is 0. The maximum atomic E-state index is 12.1. The van der Waals surface area contributed by atoms with E-state index in [1.807, 2.05) is 0 Å². The van der Waals surface area contributed by atoms with Crippen molar-refractivity contribution in [3.8, 4) is 0 Å². The van der Waals surface area contributed by atoms with Gasteiger partial charge < -0.3 is 0 Å². The van der Waals surface area contributed by atoms with Crippen LogP contribution in [0.4, 0.5) is 13.2 Å². The van der Waals surface area contributed by atoms with Gasteiger partial charge in [-0.2, -0.15) is 0 Å². The molecule has 0 amide bonds. The summed E-state index contributed by atoms with van der Waals surface area (Å²) >= 11 is 0. The monoisotopic (exact) mass is 172 g/mol. The molecular weight excluding hydrogens is 168 g/mol. The van der Waals surface area contributed by atoms with E-state index in [0.717, 1.165) is 12.1 Å². The molecule has 1 nitrogen and oxygen atoms in total. The van der Waals surface area contributed by atoms with E-state index < -0.39 is 11.7 Å². The van der Waals surface area contributed by atoms with Gasteiger partial charge in [-0.25, -0.2) is 0 Å². The molecule has 0 bridgehead atoms. The zero-order chi connectivity index (χ0) is 9.19. The van der Waals surface area contributed by atoms with Crippen molar-refractivity contribution in [2.75, 3.05) is 0 Å². The summed E-state index contributed by atoms with van der Waals surface area (Å²) in [5, 5.41) is 0. The van der Waals surface area contributed by atoms with Crippen LogP contribution in [0.25, 0.3) is 0 Å². The Hall–Kier alpha value is -1.13. The van der Waals surface area contributed by atoms with Crippen LogP contribution >= 0.6 is 0 Å². The molecule has 1 aromatic carbocycles. The second-order valence-electron chi connectivity index (χ2n) is 2.20. The van der Waals surface area contributed by atoms with Crippen molar-refractivity contribution in [1.82, 2.24) is 0 Å². The molecule has 0 N–H and O–H groups in total. The van der Waals surface area contributed by atoms with Crippen molar-refractivity contribution in [2.45, 2.75) is 6.18 Å². The molecule has 0 spiro atoms. The number of halogens is 3. The van der Waals surface area contributed by atoms with Crippen LogP contribution in [0.3, 0.4) is 0 Å². The maximum absolute atomic E-state index is 12.1. The molecule has 0 radical (unpaired) electrons. The first-order valence-corrected chi connectivity index (χ1v) is 3.17. The summed E-state index contributed by atoms with van der Waals surface area (Å²) in [5.41, 5.74) is -1.22. The molecule has 0 aliphatic rings. The van der Waals surface area contributed by atoms with Gasteiger partial charge in [0.15, 0.2) is 0 Å². The second-order valence-corrected chi connectivity index (χ2v) is 2.20. The molecule has 0 saturated carbocycles. The molecule has 0 aliphatic carbocycles. The minimum absolute atomic E-state index is 0.197. The van der Waals surface area contributed by atoms with Crippen molar-refractivity contribution in [2.24, 2.45) is 0 Å².